The first-order valence-electron chi connectivity index (χ1n) is 9.71. The molecule has 2 rings (SSSR count). The van der Waals surface area contributed by atoms with Crippen molar-refractivity contribution < 1.29 is 33.4 Å². The highest BCUT2D eigenvalue weighted by molar-refractivity contribution is 5.93. The van der Waals surface area contributed by atoms with Gasteiger partial charge in [-0.15, -0.1) is 0 Å². The Bertz CT molecular complexity index is 928. The molecule has 9 heteroatoms. The average Bonchev–Trinajstić information content (AvgIpc) is 2.75. The number of esters is 1. The molecule has 2 aromatic rings. The van der Waals surface area contributed by atoms with Gasteiger partial charge in [0.25, 0.3) is 0 Å². The molecule has 2 aromatic carbocycles. The molecule has 0 radical (unpaired) electrons. The standard InChI is InChI=1S/C22H25NO8/c1-5-28-19-13-16(14-20(29-6-2)21(19)30-7-3)22(24)31-17-9-8-15(10-11-23(25)26)12-18(17)27-4/h8-14H,5-7H2,1-4H3/b11-10+. The van der Waals surface area contributed by atoms with Gasteiger partial charge in [0.15, 0.2) is 23.0 Å². The van der Waals surface area contributed by atoms with Gasteiger partial charge in [-0.1, -0.05) is 6.07 Å². The molecule has 166 valence electrons. The van der Waals surface area contributed by atoms with Crippen LogP contribution in [-0.4, -0.2) is 37.8 Å². The van der Waals surface area contributed by atoms with Gasteiger partial charge in [0, 0.05) is 6.08 Å². The Kier molecular flexibility index (Phi) is 8.68. The van der Waals surface area contributed by atoms with Crippen molar-refractivity contribution in [3.05, 3.63) is 57.8 Å². The van der Waals surface area contributed by atoms with Crippen molar-refractivity contribution in [2.45, 2.75) is 20.8 Å². The van der Waals surface area contributed by atoms with Crippen molar-refractivity contribution in [3.63, 3.8) is 0 Å². The third-order valence-electron chi connectivity index (χ3n) is 3.92. The van der Waals surface area contributed by atoms with E-state index in [-0.39, 0.29) is 17.1 Å². The van der Waals surface area contributed by atoms with Crippen LogP contribution in [0, 0.1) is 10.1 Å². The third kappa shape index (κ3) is 6.36. The Morgan fingerprint density at radius 2 is 1.55 bits per heavy atom. The van der Waals surface area contributed by atoms with Crippen molar-refractivity contribution in [1.82, 2.24) is 0 Å². The Hall–Kier alpha value is -3.75. The second-order valence-corrected chi connectivity index (χ2v) is 6.00. The quantitative estimate of drug-likeness (QED) is 0.224. The number of nitro groups is 1. The molecule has 0 amide bonds. The number of ether oxygens (including phenoxy) is 5. The fraction of sp³-hybridized carbons (Fsp3) is 0.318. The van der Waals surface area contributed by atoms with Crippen molar-refractivity contribution in [2.24, 2.45) is 0 Å². The van der Waals surface area contributed by atoms with Crippen LogP contribution in [0.25, 0.3) is 6.08 Å². The summed E-state index contributed by atoms with van der Waals surface area (Å²) in [6.07, 6.45) is 2.12. The van der Waals surface area contributed by atoms with E-state index in [0.717, 1.165) is 6.20 Å². The van der Waals surface area contributed by atoms with E-state index in [1.165, 1.54) is 37.5 Å². The minimum absolute atomic E-state index is 0.163. The van der Waals surface area contributed by atoms with Crippen LogP contribution in [0.4, 0.5) is 0 Å². The molecular weight excluding hydrogens is 406 g/mol. The molecular formula is C22H25NO8. The molecule has 0 saturated carbocycles. The lowest BCUT2D eigenvalue weighted by Gasteiger charge is -2.17. The van der Waals surface area contributed by atoms with Crippen LogP contribution < -0.4 is 23.7 Å². The number of benzene rings is 2. The van der Waals surface area contributed by atoms with Crippen LogP contribution >= 0.6 is 0 Å². The van der Waals surface area contributed by atoms with E-state index in [1.54, 1.807) is 6.07 Å². The summed E-state index contributed by atoms with van der Waals surface area (Å²) in [5.74, 6) is 0.915. The number of nitrogens with zero attached hydrogens (tertiary/aromatic N) is 1. The Labute approximate surface area is 180 Å². The summed E-state index contributed by atoms with van der Waals surface area (Å²) in [5.41, 5.74) is 0.724. The Balaban J connectivity index is 2.37. The van der Waals surface area contributed by atoms with Gasteiger partial charge in [0.1, 0.15) is 0 Å². The zero-order valence-corrected chi connectivity index (χ0v) is 17.9. The second-order valence-electron chi connectivity index (χ2n) is 6.00. The summed E-state index contributed by atoms with van der Waals surface area (Å²) < 4.78 is 27.6. The highest BCUT2D eigenvalue weighted by atomic mass is 16.6. The van der Waals surface area contributed by atoms with Crippen LogP contribution in [-0.2, 0) is 0 Å². The monoisotopic (exact) mass is 431 g/mol. The second kappa shape index (κ2) is 11.4. The molecule has 0 saturated heterocycles. The van der Waals surface area contributed by atoms with E-state index < -0.39 is 10.9 Å². The van der Waals surface area contributed by atoms with Crippen LogP contribution in [0.1, 0.15) is 36.7 Å². The Morgan fingerprint density at radius 1 is 0.935 bits per heavy atom. The number of methoxy groups -OCH3 is 1. The molecule has 0 bridgehead atoms. The maximum Gasteiger partial charge on any atom is 0.343 e. The minimum Gasteiger partial charge on any atom is -0.493 e. The maximum absolute atomic E-state index is 12.8. The molecule has 0 aliphatic heterocycles. The molecule has 0 aliphatic carbocycles. The third-order valence-corrected chi connectivity index (χ3v) is 3.92. The molecule has 0 aliphatic rings. The summed E-state index contributed by atoms with van der Waals surface area (Å²) in [5, 5.41) is 10.5. The first kappa shape index (κ1) is 23.5. The number of carbonyl (C=O) groups is 1. The number of rotatable bonds is 11. The SMILES string of the molecule is CCOc1cc(C(=O)Oc2ccc(/C=C/[N+](=O)[O-])cc2OC)cc(OCC)c1OCC. The summed E-state index contributed by atoms with van der Waals surface area (Å²) in [6.45, 7) is 6.62. The fourth-order valence-electron chi connectivity index (χ4n) is 2.68. The largest absolute Gasteiger partial charge is 0.493 e. The molecule has 0 fully saturated rings. The van der Waals surface area contributed by atoms with Gasteiger partial charge in [-0.05, 0) is 50.6 Å². The van der Waals surface area contributed by atoms with Gasteiger partial charge >= 0.3 is 5.97 Å². The van der Waals surface area contributed by atoms with Gasteiger partial charge in [-0.2, -0.15) is 0 Å². The van der Waals surface area contributed by atoms with Crippen molar-refractivity contribution in [3.8, 4) is 28.7 Å². The first-order chi connectivity index (χ1) is 14.9. The zero-order valence-electron chi connectivity index (χ0n) is 17.9. The van der Waals surface area contributed by atoms with E-state index in [9.17, 15) is 14.9 Å². The maximum atomic E-state index is 12.8. The van der Waals surface area contributed by atoms with Crippen LogP contribution in [0.3, 0.4) is 0 Å². The average molecular weight is 431 g/mol. The number of hydrogen-bond acceptors (Lipinski definition) is 8. The normalized spacial score (nSPS) is 10.6. The molecule has 31 heavy (non-hydrogen) atoms. The highest BCUT2D eigenvalue weighted by Gasteiger charge is 2.20. The van der Waals surface area contributed by atoms with Gasteiger partial charge in [0.05, 0.1) is 37.4 Å². The van der Waals surface area contributed by atoms with Crippen molar-refractivity contribution >= 4 is 12.0 Å². The molecule has 0 N–H and O–H groups in total. The van der Waals surface area contributed by atoms with Crippen LogP contribution in [0.2, 0.25) is 0 Å². The molecule has 0 spiro atoms. The topological polar surface area (TPSA) is 106 Å². The molecule has 0 aromatic heterocycles. The summed E-state index contributed by atoms with van der Waals surface area (Å²) >= 11 is 0. The summed E-state index contributed by atoms with van der Waals surface area (Å²) in [4.78, 5) is 22.8. The molecule has 0 heterocycles. The predicted octanol–water partition coefficient (Wildman–Crippen LogP) is 4.36. The highest BCUT2D eigenvalue weighted by Crippen LogP contribution is 2.39. The Morgan fingerprint density at radius 3 is 2.06 bits per heavy atom. The molecule has 0 atom stereocenters. The first-order valence-corrected chi connectivity index (χ1v) is 9.71. The zero-order chi connectivity index (χ0) is 22.8. The predicted molar refractivity (Wildman–Crippen MR) is 114 cm³/mol. The number of carbonyl (C=O) groups excluding carboxylic acids is 1. The smallest absolute Gasteiger partial charge is 0.343 e. The lowest BCUT2D eigenvalue weighted by atomic mass is 10.1. The lowest BCUT2D eigenvalue weighted by molar-refractivity contribution is -0.400. The van der Waals surface area contributed by atoms with Gasteiger partial charge in [-0.25, -0.2) is 4.79 Å². The number of hydrogen-bond donors (Lipinski definition) is 0. The van der Waals surface area contributed by atoms with Crippen molar-refractivity contribution in [1.29, 1.82) is 0 Å². The van der Waals surface area contributed by atoms with E-state index in [1.807, 2.05) is 20.8 Å². The fourth-order valence-corrected chi connectivity index (χ4v) is 2.68. The van der Waals surface area contributed by atoms with Gasteiger partial charge < -0.3 is 23.7 Å². The van der Waals surface area contributed by atoms with Gasteiger partial charge in [0.2, 0.25) is 11.9 Å². The summed E-state index contributed by atoms with van der Waals surface area (Å²) in [7, 11) is 1.41. The van der Waals surface area contributed by atoms with E-state index in [4.69, 9.17) is 23.7 Å². The van der Waals surface area contributed by atoms with Gasteiger partial charge in [-0.3, -0.25) is 10.1 Å². The van der Waals surface area contributed by atoms with E-state index in [0.29, 0.717) is 42.6 Å². The summed E-state index contributed by atoms with van der Waals surface area (Å²) in [6, 6.07) is 7.65. The van der Waals surface area contributed by atoms with Crippen molar-refractivity contribution in [2.75, 3.05) is 26.9 Å². The molecule has 0 unspecified atom stereocenters. The van der Waals surface area contributed by atoms with Crippen LogP contribution in [0.15, 0.2) is 36.5 Å². The minimum atomic E-state index is -0.656. The van der Waals surface area contributed by atoms with Crippen LogP contribution in [0.5, 0.6) is 28.7 Å². The molecule has 9 nitrogen and oxygen atoms in total. The lowest BCUT2D eigenvalue weighted by Crippen LogP contribution is -2.11. The van der Waals surface area contributed by atoms with E-state index >= 15 is 0 Å². The van der Waals surface area contributed by atoms with E-state index in [2.05, 4.69) is 0 Å².